The van der Waals surface area contributed by atoms with E-state index in [1.165, 1.54) is 0 Å². The summed E-state index contributed by atoms with van der Waals surface area (Å²) in [4.78, 5) is 15.5. The Labute approximate surface area is 190 Å². The van der Waals surface area contributed by atoms with Gasteiger partial charge in [-0.3, -0.25) is 4.79 Å². The number of hydrogen-bond acceptors (Lipinski definition) is 3. The molecular formula is C22H32Cl2N2O3S. The summed E-state index contributed by atoms with van der Waals surface area (Å²) in [5, 5.41) is 0.642. The molecule has 2 rings (SSSR count). The molecule has 1 aliphatic heterocycles. The smallest absolute Gasteiger partial charge is 0.229 e. The summed E-state index contributed by atoms with van der Waals surface area (Å²) in [5.74, 6) is 0.317. The third kappa shape index (κ3) is 6.22. The van der Waals surface area contributed by atoms with Gasteiger partial charge in [-0.2, -0.15) is 0 Å². The van der Waals surface area contributed by atoms with E-state index in [-0.39, 0.29) is 30.3 Å². The number of nitrogens with one attached hydrogen (secondary N) is 1. The molecule has 0 aromatic heterocycles. The molecule has 0 bridgehead atoms. The molecule has 8 heteroatoms. The molecule has 1 N–H and O–H groups in total. The molecule has 1 saturated heterocycles. The lowest BCUT2D eigenvalue weighted by atomic mass is 9.74. The molecule has 1 aliphatic rings. The molecule has 1 aromatic carbocycles. The molecule has 3 atom stereocenters. The van der Waals surface area contributed by atoms with Crippen LogP contribution in [0.1, 0.15) is 57.6 Å². The minimum atomic E-state index is -3.44. The summed E-state index contributed by atoms with van der Waals surface area (Å²) in [7, 11) is -3.44. The minimum Gasteiger partial charge on any atom is -0.331 e. The van der Waals surface area contributed by atoms with E-state index in [2.05, 4.69) is 11.3 Å². The van der Waals surface area contributed by atoms with Crippen molar-refractivity contribution >= 4 is 39.1 Å². The highest BCUT2D eigenvalue weighted by Crippen LogP contribution is 2.44. The van der Waals surface area contributed by atoms with Gasteiger partial charge in [-0.1, -0.05) is 43.7 Å². The molecule has 5 nitrogen and oxygen atoms in total. The number of amides is 1. The Morgan fingerprint density at radius 3 is 2.60 bits per heavy atom. The number of carbonyl (C=O) groups is 1. The van der Waals surface area contributed by atoms with Crippen LogP contribution in [0.3, 0.4) is 0 Å². The predicted molar refractivity (Wildman–Crippen MR) is 124 cm³/mol. The first-order valence-electron chi connectivity index (χ1n) is 10.4. The minimum absolute atomic E-state index is 0.0182. The van der Waals surface area contributed by atoms with Crippen LogP contribution in [-0.4, -0.2) is 43.4 Å². The van der Waals surface area contributed by atoms with E-state index in [0.29, 0.717) is 30.2 Å². The Bertz CT molecular complexity index is 829. The molecule has 1 aromatic rings. The van der Waals surface area contributed by atoms with Gasteiger partial charge in [-0.15, -0.1) is 18.2 Å². The number of carbonyl (C=O) groups excluding carboxylic acids is 1. The van der Waals surface area contributed by atoms with Crippen LogP contribution < -0.4 is 4.72 Å². The molecule has 0 saturated carbocycles. The maximum atomic E-state index is 13.6. The van der Waals surface area contributed by atoms with Crippen LogP contribution >= 0.6 is 23.2 Å². The van der Waals surface area contributed by atoms with Gasteiger partial charge in [-0.05, 0) is 49.8 Å². The Morgan fingerprint density at radius 2 is 2.03 bits per heavy atom. The van der Waals surface area contributed by atoms with Crippen LogP contribution in [0.5, 0.6) is 0 Å². The van der Waals surface area contributed by atoms with Gasteiger partial charge in [0.25, 0.3) is 0 Å². The van der Waals surface area contributed by atoms with E-state index in [1.54, 1.807) is 6.08 Å². The zero-order valence-corrected chi connectivity index (χ0v) is 20.1. The first-order chi connectivity index (χ1) is 14.2. The number of benzene rings is 1. The fraction of sp³-hybridized carbons (Fsp3) is 0.591. The van der Waals surface area contributed by atoms with Crippen molar-refractivity contribution in [1.82, 2.24) is 9.62 Å². The zero-order valence-electron chi connectivity index (χ0n) is 17.7. The second-order valence-electron chi connectivity index (χ2n) is 8.14. The average Bonchev–Trinajstić information content (AvgIpc) is 2.71. The number of alkyl halides is 1. The van der Waals surface area contributed by atoms with Gasteiger partial charge in [0.2, 0.25) is 15.9 Å². The van der Waals surface area contributed by atoms with Gasteiger partial charge in [0.15, 0.2) is 0 Å². The quantitative estimate of drug-likeness (QED) is 0.365. The van der Waals surface area contributed by atoms with Gasteiger partial charge in [0.1, 0.15) is 0 Å². The first kappa shape index (κ1) is 25.2. The lowest BCUT2D eigenvalue weighted by molar-refractivity contribution is -0.152. The number of piperidine rings is 1. The first-order valence-corrected chi connectivity index (χ1v) is 13.0. The fourth-order valence-corrected chi connectivity index (χ4v) is 5.61. The Hall–Kier alpha value is -1.08. The van der Waals surface area contributed by atoms with Crippen molar-refractivity contribution in [2.24, 2.45) is 5.41 Å². The fourth-order valence-electron chi connectivity index (χ4n) is 4.07. The topological polar surface area (TPSA) is 66.5 Å². The van der Waals surface area contributed by atoms with E-state index < -0.39 is 15.4 Å². The highest BCUT2D eigenvalue weighted by molar-refractivity contribution is 7.89. The zero-order chi connectivity index (χ0) is 22.4. The number of allylic oxidation sites excluding steroid dienone is 1. The summed E-state index contributed by atoms with van der Waals surface area (Å²) in [6.07, 6.45) is 4.95. The van der Waals surface area contributed by atoms with Gasteiger partial charge in [0.05, 0.1) is 17.2 Å². The second-order valence-corrected chi connectivity index (χ2v) is 10.9. The van der Waals surface area contributed by atoms with Gasteiger partial charge < -0.3 is 4.90 Å². The van der Waals surface area contributed by atoms with Crippen LogP contribution in [0.25, 0.3) is 0 Å². The van der Waals surface area contributed by atoms with Gasteiger partial charge >= 0.3 is 0 Å². The third-order valence-corrected chi connectivity index (χ3v) is 7.81. The number of nitrogens with zero attached hydrogens (tertiary/aromatic N) is 1. The lowest BCUT2D eigenvalue weighted by Crippen LogP contribution is -2.55. The van der Waals surface area contributed by atoms with Crippen molar-refractivity contribution < 1.29 is 13.2 Å². The molecule has 0 spiro atoms. The van der Waals surface area contributed by atoms with Crippen LogP contribution in [0.15, 0.2) is 36.9 Å². The SMILES string of the molecule is C=CC[C@@]1(C)CCC(c2ccc(Cl)cc2)N(C(CC)CNS(=O)(=O)CCCCl)C1=O. The van der Waals surface area contributed by atoms with E-state index in [4.69, 9.17) is 23.2 Å². The Kier molecular flexibility index (Phi) is 9.22. The van der Waals surface area contributed by atoms with Crippen LogP contribution in [0.2, 0.25) is 5.02 Å². The van der Waals surface area contributed by atoms with E-state index >= 15 is 0 Å². The molecule has 2 unspecified atom stereocenters. The molecule has 1 fully saturated rings. The van der Waals surface area contributed by atoms with E-state index in [9.17, 15) is 13.2 Å². The number of hydrogen-bond donors (Lipinski definition) is 1. The Balaban J connectivity index is 2.33. The van der Waals surface area contributed by atoms with Gasteiger partial charge in [0, 0.05) is 23.5 Å². The summed E-state index contributed by atoms with van der Waals surface area (Å²) in [6, 6.07) is 7.17. The maximum Gasteiger partial charge on any atom is 0.229 e. The standard InChI is InChI=1S/C22H32Cl2N2O3S/c1-4-12-22(3)13-11-20(17-7-9-18(24)10-8-17)26(21(22)27)19(5-2)16-25-30(28,29)15-6-14-23/h4,7-10,19-20,25H,1,5-6,11-16H2,2-3H3/t19?,20?,22-/m0/s1. The second kappa shape index (κ2) is 11.0. The monoisotopic (exact) mass is 474 g/mol. The number of sulfonamides is 1. The molecule has 1 heterocycles. The summed E-state index contributed by atoms with van der Waals surface area (Å²) in [6.45, 7) is 7.95. The van der Waals surface area contributed by atoms with Crippen molar-refractivity contribution in [1.29, 1.82) is 0 Å². The molecule has 0 radical (unpaired) electrons. The lowest BCUT2D eigenvalue weighted by Gasteiger charge is -2.48. The van der Waals surface area contributed by atoms with Crippen molar-refractivity contribution in [2.75, 3.05) is 18.2 Å². The average molecular weight is 475 g/mol. The van der Waals surface area contributed by atoms with Crippen LogP contribution in [0, 0.1) is 5.41 Å². The van der Waals surface area contributed by atoms with Gasteiger partial charge in [-0.25, -0.2) is 13.1 Å². The molecular weight excluding hydrogens is 443 g/mol. The summed E-state index contributed by atoms with van der Waals surface area (Å²) < 4.78 is 27.3. The van der Waals surface area contributed by atoms with Crippen molar-refractivity contribution in [3.63, 3.8) is 0 Å². The third-order valence-electron chi connectivity index (χ3n) is 5.86. The molecule has 168 valence electrons. The maximum absolute atomic E-state index is 13.6. The largest absolute Gasteiger partial charge is 0.331 e. The van der Waals surface area contributed by atoms with E-state index in [1.807, 2.05) is 43.0 Å². The summed E-state index contributed by atoms with van der Waals surface area (Å²) in [5.41, 5.74) is 0.479. The van der Waals surface area contributed by atoms with Crippen molar-refractivity contribution in [2.45, 2.75) is 58.0 Å². The molecule has 0 aliphatic carbocycles. The predicted octanol–water partition coefficient (Wildman–Crippen LogP) is 4.91. The van der Waals surface area contributed by atoms with Crippen LogP contribution in [0.4, 0.5) is 0 Å². The number of halogens is 2. The highest BCUT2D eigenvalue weighted by Gasteiger charge is 2.45. The molecule has 30 heavy (non-hydrogen) atoms. The normalized spacial score (nSPS) is 23.4. The van der Waals surface area contributed by atoms with Crippen molar-refractivity contribution in [3.8, 4) is 0 Å². The summed E-state index contributed by atoms with van der Waals surface area (Å²) >= 11 is 11.7. The highest BCUT2D eigenvalue weighted by atomic mass is 35.5. The number of likely N-dealkylation sites (tertiary alicyclic amines) is 1. The Morgan fingerprint density at radius 1 is 1.37 bits per heavy atom. The number of rotatable bonds is 11. The van der Waals surface area contributed by atoms with Crippen LogP contribution in [-0.2, 0) is 14.8 Å². The molecule has 1 amide bonds. The van der Waals surface area contributed by atoms with Crippen molar-refractivity contribution in [3.05, 3.63) is 47.5 Å². The van der Waals surface area contributed by atoms with E-state index in [0.717, 1.165) is 18.4 Å².